The fourth-order valence-corrected chi connectivity index (χ4v) is 3.11. The second-order valence-electron chi connectivity index (χ2n) is 6.19. The van der Waals surface area contributed by atoms with Crippen molar-refractivity contribution < 1.29 is 9.18 Å². The first-order valence-corrected chi connectivity index (χ1v) is 8.37. The lowest BCUT2D eigenvalue weighted by Crippen LogP contribution is -2.48. The Morgan fingerprint density at radius 2 is 2.04 bits per heavy atom. The number of halogens is 1. The van der Waals surface area contributed by atoms with Gasteiger partial charge in [0.25, 0.3) is 0 Å². The van der Waals surface area contributed by atoms with Gasteiger partial charge in [-0.1, -0.05) is 24.6 Å². The Morgan fingerprint density at radius 3 is 2.79 bits per heavy atom. The van der Waals surface area contributed by atoms with E-state index >= 15 is 0 Å². The zero-order chi connectivity index (χ0) is 16.8. The van der Waals surface area contributed by atoms with Gasteiger partial charge < -0.3 is 5.32 Å². The predicted molar refractivity (Wildman–Crippen MR) is 90.5 cm³/mol. The van der Waals surface area contributed by atoms with Gasteiger partial charge in [0, 0.05) is 25.5 Å². The van der Waals surface area contributed by atoms with E-state index < -0.39 is 0 Å². The minimum absolute atomic E-state index is 0.0444. The number of pyridine rings is 1. The van der Waals surface area contributed by atoms with Crippen LogP contribution in [0.1, 0.15) is 30.4 Å². The molecule has 126 valence electrons. The number of hydrogen-bond acceptors (Lipinski definition) is 3. The molecule has 1 saturated heterocycles. The lowest BCUT2D eigenvalue weighted by atomic mass is 10.0. The minimum Gasteiger partial charge on any atom is -0.351 e. The highest BCUT2D eigenvalue weighted by molar-refractivity contribution is 5.81. The minimum atomic E-state index is -0.264. The van der Waals surface area contributed by atoms with Crippen LogP contribution in [0, 0.1) is 5.82 Å². The summed E-state index contributed by atoms with van der Waals surface area (Å²) in [6.07, 6.45) is 6.66. The molecule has 24 heavy (non-hydrogen) atoms. The molecule has 1 fully saturated rings. The average Bonchev–Trinajstić information content (AvgIpc) is 2.62. The smallest absolute Gasteiger partial charge is 0.237 e. The van der Waals surface area contributed by atoms with E-state index in [9.17, 15) is 9.18 Å². The molecule has 1 aliphatic heterocycles. The van der Waals surface area contributed by atoms with E-state index in [2.05, 4.69) is 15.2 Å². The van der Waals surface area contributed by atoms with Crippen LogP contribution in [0.2, 0.25) is 0 Å². The molecule has 1 N–H and O–H groups in total. The van der Waals surface area contributed by atoms with Crippen LogP contribution < -0.4 is 5.32 Å². The highest BCUT2D eigenvalue weighted by Gasteiger charge is 2.28. The molecule has 0 bridgehead atoms. The van der Waals surface area contributed by atoms with Crippen LogP contribution in [0.4, 0.5) is 4.39 Å². The number of hydrogen-bond donors (Lipinski definition) is 1. The lowest BCUT2D eigenvalue weighted by Gasteiger charge is -2.34. The van der Waals surface area contributed by atoms with Crippen molar-refractivity contribution in [1.29, 1.82) is 0 Å². The van der Waals surface area contributed by atoms with Gasteiger partial charge in [-0.05, 0) is 48.7 Å². The highest BCUT2D eigenvalue weighted by atomic mass is 19.1. The molecule has 0 radical (unpaired) electrons. The summed E-state index contributed by atoms with van der Waals surface area (Å²) >= 11 is 0. The van der Waals surface area contributed by atoms with Crippen LogP contribution >= 0.6 is 0 Å². The van der Waals surface area contributed by atoms with Crippen molar-refractivity contribution in [3.05, 3.63) is 65.7 Å². The zero-order valence-electron chi connectivity index (χ0n) is 13.6. The third kappa shape index (κ3) is 4.38. The number of nitrogens with one attached hydrogen (secondary N) is 1. The summed E-state index contributed by atoms with van der Waals surface area (Å²) in [7, 11) is 0. The molecule has 1 atom stereocenters. The third-order valence-corrected chi connectivity index (χ3v) is 4.40. The molecule has 1 amide bonds. The molecule has 3 rings (SSSR count). The molecule has 4 nitrogen and oxygen atoms in total. The first-order valence-electron chi connectivity index (χ1n) is 8.37. The van der Waals surface area contributed by atoms with Gasteiger partial charge >= 0.3 is 0 Å². The summed E-state index contributed by atoms with van der Waals surface area (Å²) in [6, 6.07) is 10.1. The summed E-state index contributed by atoms with van der Waals surface area (Å²) in [6.45, 7) is 2.09. The average molecular weight is 327 g/mol. The first kappa shape index (κ1) is 16.6. The maximum atomic E-state index is 12.9. The molecule has 0 saturated carbocycles. The summed E-state index contributed by atoms with van der Waals surface area (Å²) in [5.41, 5.74) is 2.02. The molecule has 1 aromatic heterocycles. The Hall–Kier alpha value is -2.27. The van der Waals surface area contributed by atoms with Crippen LogP contribution in [-0.4, -0.2) is 28.4 Å². The molecule has 2 aromatic rings. The van der Waals surface area contributed by atoms with E-state index in [1.54, 1.807) is 18.3 Å². The number of nitrogens with zero attached hydrogens (tertiary/aromatic N) is 2. The monoisotopic (exact) mass is 327 g/mol. The third-order valence-electron chi connectivity index (χ3n) is 4.40. The Kier molecular flexibility index (Phi) is 5.54. The normalized spacial score (nSPS) is 18.3. The van der Waals surface area contributed by atoms with E-state index in [1.165, 1.54) is 12.1 Å². The molecule has 0 spiro atoms. The molecular weight excluding hydrogens is 305 g/mol. The standard InChI is InChI=1S/C19H22FN3O/c20-17-8-6-15(7-9-17)13-22-19(24)18-5-1-2-11-23(18)14-16-4-3-10-21-12-16/h3-4,6-10,12,18H,1-2,5,11,13-14H2,(H,22,24)/t18-/m1/s1. The summed E-state index contributed by atoms with van der Waals surface area (Å²) in [5.74, 6) is -0.220. The van der Waals surface area contributed by atoms with Gasteiger partial charge in [-0.3, -0.25) is 14.7 Å². The Bertz CT molecular complexity index is 660. The number of rotatable bonds is 5. The molecule has 2 heterocycles. The second kappa shape index (κ2) is 8.02. The number of carbonyl (C=O) groups excluding carboxylic acids is 1. The Labute approximate surface area is 141 Å². The summed E-state index contributed by atoms with van der Waals surface area (Å²) in [5, 5.41) is 2.99. The van der Waals surface area contributed by atoms with Crippen LogP contribution in [-0.2, 0) is 17.9 Å². The maximum absolute atomic E-state index is 12.9. The van der Waals surface area contributed by atoms with Crippen molar-refractivity contribution in [1.82, 2.24) is 15.2 Å². The highest BCUT2D eigenvalue weighted by Crippen LogP contribution is 2.19. The zero-order valence-corrected chi connectivity index (χ0v) is 13.6. The molecule has 5 heteroatoms. The molecule has 1 aliphatic rings. The Morgan fingerprint density at radius 1 is 1.21 bits per heavy atom. The van der Waals surface area contributed by atoms with Crippen LogP contribution in [0.5, 0.6) is 0 Å². The van der Waals surface area contributed by atoms with E-state index in [-0.39, 0.29) is 17.8 Å². The number of carbonyl (C=O) groups is 1. The number of amides is 1. The van der Waals surface area contributed by atoms with Gasteiger partial charge in [-0.15, -0.1) is 0 Å². The van der Waals surface area contributed by atoms with Gasteiger partial charge in [-0.2, -0.15) is 0 Å². The molecular formula is C19H22FN3O. The van der Waals surface area contributed by atoms with Crippen LogP contribution in [0.3, 0.4) is 0 Å². The van der Waals surface area contributed by atoms with Gasteiger partial charge in [-0.25, -0.2) is 4.39 Å². The quantitative estimate of drug-likeness (QED) is 0.918. The van der Waals surface area contributed by atoms with Crippen LogP contribution in [0.25, 0.3) is 0 Å². The number of benzene rings is 1. The number of piperidine rings is 1. The fraction of sp³-hybridized carbons (Fsp3) is 0.368. The van der Waals surface area contributed by atoms with E-state index in [4.69, 9.17) is 0 Å². The molecule has 0 aliphatic carbocycles. The first-order chi connectivity index (χ1) is 11.7. The molecule has 1 aromatic carbocycles. The van der Waals surface area contributed by atoms with E-state index in [0.717, 1.165) is 43.5 Å². The van der Waals surface area contributed by atoms with Crippen LogP contribution in [0.15, 0.2) is 48.8 Å². The van der Waals surface area contributed by atoms with Crippen molar-refractivity contribution in [3.63, 3.8) is 0 Å². The van der Waals surface area contributed by atoms with Crippen molar-refractivity contribution >= 4 is 5.91 Å². The fourth-order valence-electron chi connectivity index (χ4n) is 3.11. The Balaban J connectivity index is 1.59. The van der Waals surface area contributed by atoms with Crippen molar-refractivity contribution in [2.24, 2.45) is 0 Å². The van der Waals surface area contributed by atoms with E-state index in [1.807, 2.05) is 18.3 Å². The van der Waals surface area contributed by atoms with Crippen molar-refractivity contribution in [2.75, 3.05) is 6.54 Å². The SMILES string of the molecule is O=C(NCc1ccc(F)cc1)[C@H]1CCCCN1Cc1cccnc1. The van der Waals surface area contributed by atoms with Gasteiger partial charge in [0.2, 0.25) is 5.91 Å². The lowest BCUT2D eigenvalue weighted by molar-refractivity contribution is -0.128. The van der Waals surface area contributed by atoms with E-state index in [0.29, 0.717) is 6.54 Å². The van der Waals surface area contributed by atoms with Crippen molar-refractivity contribution in [2.45, 2.75) is 38.4 Å². The number of aromatic nitrogens is 1. The maximum Gasteiger partial charge on any atom is 0.237 e. The second-order valence-corrected chi connectivity index (χ2v) is 6.19. The van der Waals surface area contributed by atoms with Gasteiger partial charge in [0.1, 0.15) is 5.82 Å². The topological polar surface area (TPSA) is 45.2 Å². The molecule has 0 unspecified atom stereocenters. The van der Waals surface area contributed by atoms with Gasteiger partial charge in [0.15, 0.2) is 0 Å². The largest absolute Gasteiger partial charge is 0.351 e. The summed E-state index contributed by atoms with van der Waals surface area (Å²) in [4.78, 5) is 19.0. The number of likely N-dealkylation sites (tertiary alicyclic amines) is 1. The predicted octanol–water partition coefficient (Wildman–Crippen LogP) is 2.89. The van der Waals surface area contributed by atoms with Gasteiger partial charge in [0.05, 0.1) is 6.04 Å². The van der Waals surface area contributed by atoms with Crippen molar-refractivity contribution in [3.8, 4) is 0 Å². The summed E-state index contributed by atoms with van der Waals surface area (Å²) < 4.78 is 12.9.